The van der Waals surface area contributed by atoms with E-state index in [1.165, 1.54) is 22.3 Å². The van der Waals surface area contributed by atoms with Gasteiger partial charge in [0.25, 0.3) is 0 Å². The smallest absolute Gasteiger partial charge is 0.248 e. The molecule has 43 heavy (non-hydrogen) atoms. The van der Waals surface area contributed by atoms with Crippen molar-refractivity contribution in [2.24, 2.45) is 17.3 Å². The van der Waals surface area contributed by atoms with Crippen LogP contribution in [0.2, 0.25) is 0 Å². The van der Waals surface area contributed by atoms with Gasteiger partial charge in [0, 0.05) is 44.4 Å². The van der Waals surface area contributed by atoms with Crippen molar-refractivity contribution in [3.05, 3.63) is 52.6 Å². The number of carbonyl (C=O) groups excluding carboxylic acids is 3. The number of ether oxygens (including phenoxy) is 2. The van der Waals surface area contributed by atoms with Crippen LogP contribution in [0.3, 0.4) is 0 Å². The molecule has 0 radical (unpaired) electrons. The zero-order valence-electron chi connectivity index (χ0n) is 26.6. The molecule has 0 bridgehead atoms. The Bertz CT molecular complexity index is 1230. The molecule has 0 saturated heterocycles. The van der Waals surface area contributed by atoms with Crippen LogP contribution < -0.4 is 4.74 Å². The lowest BCUT2D eigenvalue weighted by Gasteiger charge is -2.50. The second-order valence-corrected chi connectivity index (χ2v) is 13.5. The van der Waals surface area contributed by atoms with Crippen LogP contribution >= 0.6 is 0 Å². The number of ketones is 2. The molecule has 1 amide bonds. The number of benzene rings is 1. The van der Waals surface area contributed by atoms with Crippen LogP contribution in [0.1, 0.15) is 109 Å². The molecule has 5 rings (SSSR count). The minimum Gasteiger partial charge on any atom is -0.494 e. The zero-order chi connectivity index (χ0) is 30.4. The number of fused-ring (bicyclic) bond motifs is 4. The maximum atomic E-state index is 13.2. The lowest BCUT2D eigenvalue weighted by atomic mass is 9.53. The summed E-state index contributed by atoms with van der Waals surface area (Å²) in [5.74, 6) is 2.77. The molecule has 6 nitrogen and oxygen atoms in total. The molecule has 4 aliphatic rings. The van der Waals surface area contributed by atoms with Gasteiger partial charge in [-0.1, -0.05) is 44.4 Å². The van der Waals surface area contributed by atoms with E-state index in [0.717, 1.165) is 82.9 Å². The SMILES string of the molecule is CCCCN(C)C(=O)COCCCCCCOc1ccc([C@H]2C[C@]3(C)C(=O)CC[C@H]3[C@@H]3CCC4=CC(=O)CCC4=C32)cc1. The number of unbranched alkanes of at least 4 members (excludes halogenated alkanes) is 4. The predicted octanol–water partition coefficient (Wildman–Crippen LogP) is 7.37. The first-order chi connectivity index (χ1) is 20.8. The van der Waals surface area contributed by atoms with Gasteiger partial charge in [0.15, 0.2) is 5.78 Å². The molecule has 0 aliphatic heterocycles. The second-order valence-electron chi connectivity index (χ2n) is 13.5. The number of hydrogen-bond acceptors (Lipinski definition) is 5. The molecule has 0 unspecified atom stereocenters. The maximum absolute atomic E-state index is 13.2. The van der Waals surface area contributed by atoms with E-state index in [9.17, 15) is 14.4 Å². The summed E-state index contributed by atoms with van der Waals surface area (Å²) in [6.07, 6.45) is 14.2. The molecule has 6 heteroatoms. The Hall–Kier alpha value is -2.73. The topological polar surface area (TPSA) is 72.9 Å². The fourth-order valence-electron chi connectivity index (χ4n) is 8.17. The summed E-state index contributed by atoms with van der Waals surface area (Å²) in [4.78, 5) is 39.2. The van der Waals surface area contributed by atoms with Crippen LogP contribution in [-0.2, 0) is 19.1 Å². The first-order valence-corrected chi connectivity index (χ1v) is 16.9. The average molecular weight is 590 g/mol. The van der Waals surface area contributed by atoms with Gasteiger partial charge in [-0.25, -0.2) is 0 Å². The third-order valence-electron chi connectivity index (χ3n) is 10.7. The van der Waals surface area contributed by atoms with Crippen LogP contribution in [0, 0.1) is 17.3 Å². The molecule has 4 atom stereocenters. The predicted molar refractivity (Wildman–Crippen MR) is 169 cm³/mol. The van der Waals surface area contributed by atoms with E-state index in [2.05, 4.69) is 38.1 Å². The van der Waals surface area contributed by atoms with Gasteiger partial charge in [0.2, 0.25) is 5.91 Å². The number of rotatable bonds is 14. The highest BCUT2D eigenvalue weighted by molar-refractivity contribution is 5.93. The Balaban J connectivity index is 1.11. The summed E-state index contributed by atoms with van der Waals surface area (Å²) < 4.78 is 11.7. The van der Waals surface area contributed by atoms with E-state index in [0.29, 0.717) is 43.7 Å². The molecular formula is C37H51NO5. The highest BCUT2D eigenvalue weighted by atomic mass is 16.5. The lowest BCUT2D eigenvalue weighted by Crippen LogP contribution is -2.43. The summed E-state index contributed by atoms with van der Waals surface area (Å²) in [6.45, 7) is 6.62. The van der Waals surface area contributed by atoms with Gasteiger partial charge in [-0.2, -0.15) is 0 Å². The van der Waals surface area contributed by atoms with Gasteiger partial charge in [-0.05, 0) is 105 Å². The van der Waals surface area contributed by atoms with Gasteiger partial charge >= 0.3 is 0 Å². The second kappa shape index (κ2) is 14.4. The highest BCUT2D eigenvalue weighted by Crippen LogP contribution is 2.62. The Kier molecular flexibility index (Phi) is 10.6. The monoisotopic (exact) mass is 589 g/mol. The Morgan fingerprint density at radius 2 is 1.72 bits per heavy atom. The zero-order valence-corrected chi connectivity index (χ0v) is 26.6. The van der Waals surface area contributed by atoms with Crippen molar-refractivity contribution in [2.45, 2.75) is 103 Å². The highest BCUT2D eigenvalue weighted by Gasteiger charge is 2.56. The molecule has 0 spiro atoms. The first-order valence-electron chi connectivity index (χ1n) is 16.9. The van der Waals surface area contributed by atoms with E-state index in [4.69, 9.17) is 9.47 Å². The Morgan fingerprint density at radius 1 is 0.953 bits per heavy atom. The van der Waals surface area contributed by atoms with Gasteiger partial charge < -0.3 is 14.4 Å². The van der Waals surface area contributed by atoms with Crippen molar-refractivity contribution in [3.8, 4) is 5.75 Å². The normalized spacial score (nSPS) is 26.5. The van der Waals surface area contributed by atoms with E-state index in [1.54, 1.807) is 4.90 Å². The maximum Gasteiger partial charge on any atom is 0.248 e. The average Bonchev–Trinajstić information content (AvgIpc) is 3.32. The summed E-state index contributed by atoms with van der Waals surface area (Å²) >= 11 is 0. The lowest BCUT2D eigenvalue weighted by molar-refractivity contribution is -0.135. The quantitative estimate of drug-likeness (QED) is 0.212. The van der Waals surface area contributed by atoms with E-state index in [-0.39, 0.29) is 29.6 Å². The third-order valence-corrected chi connectivity index (χ3v) is 10.7. The van der Waals surface area contributed by atoms with Crippen molar-refractivity contribution in [2.75, 3.05) is 33.4 Å². The fraction of sp³-hybridized carbons (Fsp3) is 0.649. The van der Waals surface area contributed by atoms with Crippen LogP contribution in [0.15, 0.2) is 47.1 Å². The molecule has 1 aromatic carbocycles. The van der Waals surface area contributed by atoms with Crippen LogP contribution in [0.5, 0.6) is 5.75 Å². The molecule has 234 valence electrons. The van der Waals surface area contributed by atoms with Gasteiger partial charge in [0.05, 0.1) is 6.61 Å². The number of Topliss-reactive ketones (excluding diaryl/α,β-unsaturated/α-hetero) is 1. The number of allylic oxidation sites excluding steroid dienone is 4. The van der Waals surface area contributed by atoms with Gasteiger partial charge in [0.1, 0.15) is 18.1 Å². The van der Waals surface area contributed by atoms with E-state index >= 15 is 0 Å². The molecular weight excluding hydrogens is 538 g/mol. The standard InChI is InChI=1S/C37H51NO5/c1-4-5-20-38(3)35(41)25-42-21-8-6-7-9-22-43-29-14-10-26(11-15-29)32-24-37(2)33(18-19-34(37)40)31-16-12-27-23-28(39)13-17-30(27)36(31)32/h10-11,14-15,23,31-33H,4-9,12-13,16-22,24-25H2,1-3H3/t31-,32+,33-,37-/m0/s1. The minimum atomic E-state index is -0.244. The van der Waals surface area contributed by atoms with Crippen molar-refractivity contribution >= 4 is 17.5 Å². The van der Waals surface area contributed by atoms with Crippen molar-refractivity contribution in [3.63, 3.8) is 0 Å². The minimum absolute atomic E-state index is 0.0599. The van der Waals surface area contributed by atoms with E-state index < -0.39 is 0 Å². The summed E-state index contributed by atoms with van der Waals surface area (Å²) in [5.41, 5.74) is 5.25. The molecule has 0 heterocycles. The largest absolute Gasteiger partial charge is 0.494 e. The Morgan fingerprint density at radius 3 is 2.49 bits per heavy atom. The summed E-state index contributed by atoms with van der Waals surface area (Å²) in [5, 5.41) is 0. The first kappa shape index (κ1) is 31.7. The number of likely N-dealkylation sites (N-methyl/N-ethyl adjacent to an activating group) is 1. The summed E-state index contributed by atoms with van der Waals surface area (Å²) in [7, 11) is 1.84. The van der Waals surface area contributed by atoms with Crippen molar-refractivity contribution in [1.29, 1.82) is 0 Å². The third kappa shape index (κ3) is 7.16. The van der Waals surface area contributed by atoms with Crippen LogP contribution in [-0.4, -0.2) is 55.8 Å². The number of carbonyl (C=O) groups is 3. The molecule has 0 N–H and O–H groups in total. The van der Waals surface area contributed by atoms with Gasteiger partial charge in [-0.3, -0.25) is 14.4 Å². The fourth-order valence-corrected chi connectivity index (χ4v) is 8.17. The number of nitrogens with zero attached hydrogens (tertiary/aromatic N) is 1. The number of amides is 1. The Labute approximate surface area is 258 Å². The van der Waals surface area contributed by atoms with Crippen LogP contribution in [0.25, 0.3) is 0 Å². The molecule has 1 aromatic rings. The van der Waals surface area contributed by atoms with Crippen LogP contribution in [0.4, 0.5) is 0 Å². The van der Waals surface area contributed by atoms with E-state index in [1.807, 2.05) is 13.1 Å². The van der Waals surface area contributed by atoms with Crippen molar-refractivity contribution < 1.29 is 23.9 Å². The molecule has 2 saturated carbocycles. The van der Waals surface area contributed by atoms with Crippen molar-refractivity contribution in [1.82, 2.24) is 4.90 Å². The molecule has 2 fully saturated rings. The van der Waals surface area contributed by atoms with Gasteiger partial charge in [-0.15, -0.1) is 0 Å². The molecule has 0 aromatic heterocycles. The summed E-state index contributed by atoms with van der Waals surface area (Å²) in [6, 6.07) is 8.59. The number of hydrogen-bond donors (Lipinski definition) is 0. The molecule has 4 aliphatic carbocycles.